The molecule has 2 aromatic carbocycles. The van der Waals surface area contributed by atoms with Crippen LogP contribution in [0.5, 0.6) is 0 Å². The highest BCUT2D eigenvalue weighted by Crippen LogP contribution is 2.22. The summed E-state index contributed by atoms with van der Waals surface area (Å²) in [6.07, 6.45) is 1.51. The molecule has 0 aliphatic carbocycles. The number of aryl methyl sites for hydroxylation is 3. The highest BCUT2D eigenvalue weighted by Gasteiger charge is 2.17. The Bertz CT molecular complexity index is 889. The average molecular weight is 378 g/mol. The number of anilines is 1. The van der Waals surface area contributed by atoms with Crippen molar-refractivity contribution in [3.05, 3.63) is 58.9 Å². The summed E-state index contributed by atoms with van der Waals surface area (Å²) in [6.45, 7) is 5.06. The molecule has 2 rings (SSSR count). The van der Waals surface area contributed by atoms with Crippen LogP contribution in [0.4, 0.5) is 10.1 Å². The molecule has 0 aromatic heterocycles. The number of benzene rings is 2. The maximum atomic E-state index is 13.3. The second kappa shape index (κ2) is 8.42. The lowest BCUT2D eigenvalue weighted by Gasteiger charge is -2.15. The summed E-state index contributed by atoms with van der Waals surface area (Å²) in [5.41, 5.74) is 2.95. The zero-order valence-electron chi connectivity index (χ0n) is 15.1. The Morgan fingerprint density at radius 3 is 2.23 bits per heavy atom. The molecule has 0 aliphatic heterocycles. The normalized spacial score (nSPS) is 11.4. The van der Waals surface area contributed by atoms with E-state index in [2.05, 4.69) is 10.0 Å². The average Bonchev–Trinajstić information content (AvgIpc) is 2.62. The number of rotatable bonds is 7. The van der Waals surface area contributed by atoms with E-state index in [1.54, 1.807) is 0 Å². The van der Waals surface area contributed by atoms with E-state index in [1.807, 2.05) is 32.0 Å². The molecule has 5 nitrogen and oxygen atoms in total. The molecule has 0 spiro atoms. The van der Waals surface area contributed by atoms with Crippen LogP contribution in [0.1, 0.15) is 30.5 Å². The monoisotopic (exact) mass is 378 g/mol. The van der Waals surface area contributed by atoms with E-state index in [9.17, 15) is 17.6 Å². The minimum atomic E-state index is -3.90. The van der Waals surface area contributed by atoms with E-state index in [-0.39, 0.29) is 10.5 Å². The largest absolute Gasteiger partial charge is 0.324 e. The van der Waals surface area contributed by atoms with Gasteiger partial charge >= 0.3 is 0 Å². The SMILES string of the molecule is CCc1cccc(CC)c1NC(=O)CNS(=O)(=O)c1ccc(F)c(C)c1. The van der Waals surface area contributed by atoms with Gasteiger partial charge in [0, 0.05) is 5.69 Å². The van der Waals surface area contributed by atoms with Gasteiger partial charge in [0.1, 0.15) is 5.82 Å². The zero-order valence-corrected chi connectivity index (χ0v) is 15.9. The second-order valence-electron chi connectivity index (χ2n) is 5.94. The number of hydrogen-bond donors (Lipinski definition) is 2. The number of sulfonamides is 1. The molecule has 2 aromatic rings. The van der Waals surface area contributed by atoms with Crippen molar-refractivity contribution in [3.8, 4) is 0 Å². The van der Waals surface area contributed by atoms with E-state index >= 15 is 0 Å². The van der Waals surface area contributed by atoms with Crippen LogP contribution in [0.2, 0.25) is 0 Å². The fraction of sp³-hybridized carbons (Fsp3) is 0.316. The molecule has 140 valence electrons. The van der Waals surface area contributed by atoms with Gasteiger partial charge in [-0.15, -0.1) is 0 Å². The van der Waals surface area contributed by atoms with Gasteiger partial charge in [-0.1, -0.05) is 32.0 Å². The summed E-state index contributed by atoms with van der Waals surface area (Å²) in [7, 11) is -3.90. The molecule has 0 unspecified atom stereocenters. The first-order valence-corrected chi connectivity index (χ1v) is 9.93. The highest BCUT2D eigenvalue weighted by atomic mass is 32.2. The Balaban J connectivity index is 2.10. The van der Waals surface area contributed by atoms with Crippen molar-refractivity contribution in [1.82, 2.24) is 4.72 Å². The van der Waals surface area contributed by atoms with Crippen molar-refractivity contribution in [2.24, 2.45) is 0 Å². The quantitative estimate of drug-likeness (QED) is 0.777. The second-order valence-corrected chi connectivity index (χ2v) is 7.71. The van der Waals surface area contributed by atoms with Crippen molar-refractivity contribution in [2.45, 2.75) is 38.5 Å². The third kappa shape index (κ3) is 4.68. The van der Waals surface area contributed by atoms with Crippen LogP contribution in [0.25, 0.3) is 0 Å². The van der Waals surface area contributed by atoms with Gasteiger partial charge in [-0.25, -0.2) is 17.5 Å². The molecule has 0 bridgehead atoms. The van der Waals surface area contributed by atoms with Crippen LogP contribution in [-0.2, 0) is 27.7 Å². The third-order valence-electron chi connectivity index (χ3n) is 4.13. The maximum absolute atomic E-state index is 13.3. The summed E-state index contributed by atoms with van der Waals surface area (Å²) in [4.78, 5) is 12.2. The lowest BCUT2D eigenvalue weighted by Crippen LogP contribution is -2.33. The standard InChI is InChI=1S/C19H23FN2O3S/c1-4-14-7-6-8-15(5-2)19(14)22-18(23)12-21-26(24,25)16-9-10-17(20)13(3)11-16/h6-11,21H,4-5,12H2,1-3H3,(H,22,23). The van der Waals surface area contributed by atoms with Gasteiger partial charge in [-0.2, -0.15) is 0 Å². The van der Waals surface area contributed by atoms with Crippen LogP contribution in [0.3, 0.4) is 0 Å². The number of hydrogen-bond acceptors (Lipinski definition) is 3. The first kappa shape index (κ1) is 20.1. The molecule has 0 radical (unpaired) electrons. The van der Waals surface area contributed by atoms with Crippen LogP contribution in [-0.4, -0.2) is 20.9 Å². The fourth-order valence-electron chi connectivity index (χ4n) is 2.61. The van der Waals surface area contributed by atoms with Crippen LogP contribution in [0.15, 0.2) is 41.3 Å². The minimum absolute atomic E-state index is 0.0765. The number of para-hydroxylation sites is 1. The van der Waals surface area contributed by atoms with Crippen molar-refractivity contribution in [1.29, 1.82) is 0 Å². The molecule has 0 heterocycles. The molecular weight excluding hydrogens is 355 g/mol. The third-order valence-corrected chi connectivity index (χ3v) is 5.52. The molecule has 1 amide bonds. The summed E-state index contributed by atoms with van der Waals surface area (Å²) < 4.78 is 40.1. The number of carbonyl (C=O) groups excluding carboxylic acids is 1. The smallest absolute Gasteiger partial charge is 0.241 e. The number of carbonyl (C=O) groups is 1. The van der Waals surface area contributed by atoms with Crippen LogP contribution >= 0.6 is 0 Å². The summed E-state index contributed by atoms with van der Waals surface area (Å²) >= 11 is 0. The number of halogens is 1. The fourth-order valence-corrected chi connectivity index (χ4v) is 3.68. The van der Waals surface area contributed by atoms with E-state index in [4.69, 9.17) is 0 Å². The zero-order chi connectivity index (χ0) is 19.3. The topological polar surface area (TPSA) is 75.3 Å². The lowest BCUT2D eigenvalue weighted by molar-refractivity contribution is -0.115. The molecule has 2 N–H and O–H groups in total. The highest BCUT2D eigenvalue weighted by molar-refractivity contribution is 7.89. The van der Waals surface area contributed by atoms with Gasteiger partial charge in [0.25, 0.3) is 0 Å². The summed E-state index contributed by atoms with van der Waals surface area (Å²) in [6, 6.07) is 9.30. The molecule has 7 heteroatoms. The maximum Gasteiger partial charge on any atom is 0.241 e. The van der Waals surface area contributed by atoms with Crippen molar-refractivity contribution in [3.63, 3.8) is 0 Å². The van der Waals surface area contributed by atoms with Gasteiger partial charge in [-0.3, -0.25) is 4.79 Å². The van der Waals surface area contributed by atoms with Crippen LogP contribution < -0.4 is 10.0 Å². The molecule has 26 heavy (non-hydrogen) atoms. The van der Waals surface area contributed by atoms with E-state index in [1.165, 1.54) is 19.1 Å². The van der Waals surface area contributed by atoms with Gasteiger partial charge in [0.05, 0.1) is 11.4 Å². The van der Waals surface area contributed by atoms with E-state index < -0.39 is 28.3 Å². The molecular formula is C19H23FN2O3S. The Morgan fingerprint density at radius 2 is 1.69 bits per heavy atom. The van der Waals surface area contributed by atoms with E-state index in [0.29, 0.717) is 0 Å². The van der Waals surface area contributed by atoms with Crippen molar-refractivity contribution >= 4 is 21.6 Å². The lowest BCUT2D eigenvalue weighted by atomic mass is 10.0. The van der Waals surface area contributed by atoms with E-state index in [0.717, 1.165) is 35.7 Å². The Hall–Kier alpha value is -2.25. The number of amides is 1. The molecule has 0 fully saturated rings. The summed E-state index contributed by atoms with van der Waals surface area (Å²) in [5.74, 6) is -0.937. The first-order chi connectivity index (χ1) is 12.3. The summed E-state index contributed by atoms with van der Waals surface area (Å²) in [5, 5.41) is 2.80. The van der Waals surface area contributed by atoms with Gasteiger partial charge in [0.2, 0.25) is 15.9 Å². The predicted octanol–water partition coefficient (Wildman–Crippen LogP) is 3.18. The minimum Gasteiger partial charge on any atom is -0.324 e. The Morgan fingerprint density at radius 1 is 1.08 bits per heavy atom. The van der Waals surface area contributed by atoms with Crippen molar-refractivity contribution in [2.75, 3.05) is 11.9 Å². The van der Waals surface area contributed by atoms with Gasteiger partial charge in [0.15, 0.2) is 0 Å². The van der Waals surface area contributed by atoms with Gasteiger partial charge < -0.3 is 5.32 Å². The van der Waals surface area contributed by atoms with Crippen molar-refractivity contribution < 1.29 is 17.6 Å². The molecule has 0 aliphatic rings. The molecule has 0 saturated heterocycles. The Labute approximate surface area is 153 Å². The predicted molar refractivity (Wildman–Crippen MR) is 100 cm³/mol. The first-order valence-electron chi connectivity index (χ1n) is 8.45. The molecule has 0 saturated carbocycles. The number of nitrogens with one attached hydrogen (secondary N) is 2. The molecule has 0 atom stereocenters. The van der Waals surface area contributed by atoms with Gasteiger partial charge in [-0.05, 0) is 54.7 Å². The Kier molecular flexibility index (Phi) is 6.50. The van der Waals surface area contributed by atoms with Crippen LogP contribution in [0, 0.1) is 12.7 Å².